The number of nitrogens with zero attached hydrogens (tertiary/aromatic N) is 1. The van der Waals surface area contributed by atoms with Crippen LogP contribution in [0.2, 0.25) is 0 Å². The number of benzene rings is 1. The Kier molecular flexibility index (Phi) is 6.91. The van der Waals surface area contributed by atoms with Crippen LogP contribution in [0.15, 0.2) is 24.3 Å². The topological polar surface area (TPSA) is 93.9 Å². The van der Waals surface area contributed by atoms with E-state index >= 15 is 0 Å². The van der Waals surface area contributed by atoms with Crippen LogP contribution in [0.1, 0.15) is 38.2 Å². The summed E-state index contributed by atoms with van der Waals surface area (Å²) in [6, 6.07) is 7.49. The van der Waals surface area contributed by atoms with E-state index in [1.165, 1.54) is 5.56 Å². The lowest BCUT2D eigenvalue weighted by Crippen LogP contribution is -2.62. The first kappa shape index (κ1) is 20.6. The number of aryl methyl sites for hydroxylation is 1. The minimum absolute atomic E-state index is 0.110. The fraction of sp³-hybridized carbons (Fsp3) is 0.619. The molecule has 28 heavy (non-hydrogen) atoms. The fourth-order valence-electron chi connectivity index (χ4n) is 3.85. The zero-order chi connectivity index (χ0) is 20.0. The second kappa shape index (κ2) is 9.39. The molecule has 2 heterocycles. The Labute approximate surface area is 166 Å². The molecular formula is C21H31N3O4. The lowest BCUT2D eigenvalue weighted by molar-refractivity contribution is -0.168. The molecule has 2 aliphatic heterocycles. The van der Waals surface area contributed by atoms with E-state index in [-0.39, 0.29) is 18.4 Å². The number of fused-ring (bicyclic) bond motifs is 1. The van der Waals surface area contributed by atoms with Gasteiger partial charge in [0.15, 0.2) is 5.60 Å². The number of rotatable bonds is 2. The molecule has 1 unspecified atom stereocenters. The van der Waals surface area contributed by atoms with Crippen LogP contribution in [0.4, 0.5) is 0 Å². The predicted octanol–water partition coefficient (Wildman–Crippen LogP) is 1.24. The third kappa shape index (κ3) is 4.64. The zero-order valence-corrected chi connectivity index (χ0v) is 16.6. The van der Waals surface area contributed by atoms with Crippen LogP contribution in [0.5, 0.6) is 5.75 Å². The van der Waals surface area contributed by atoms with Gasteiger partial charge in [0.2, 0.25) is 5.91 Å². The van der Waals surface area contributed by atoms with E-state index in [9.17, 15) is 9.59 Å². The molecule has 154 valence electrons. The summed E-state index contributed by atoms with van der Waals surface area (Å²) in [4.78, 5) is 27.3. The first-order valence-corrected chi connectivity index (χ1v) is 10.2. The maximum Gasteiger partial charge on any atom is 0.254 e. The van der Waals surface area contributed by atoms with Crippen molar-refractivity contribution < 1.29 is 19.1 Å². The Balaban J connectivity index is 1.73. The number of para-hydroxylation sites is 1. The molecule has 0 aliphatic carbocycles. The maximum atomic E-state index is 13.0. The molecule has 2 atom stereocenters. The SMILES string of the molecule is CC[C@H](N)C(=O)N1CCOC2(CCCCc3ccccc3OCCNC2=O)C1. The first-order valence-electron chi connectivity index (χ1n) is 10.2. The van der Waals surface area contributed by atoms with Gasteiger partial charge in [-0.2, -0.15) is 0 Å². The van der Waals surface area contributed by atoms with Crippen LogP contribution in [0, 0.1) is 0 Å². The predicted molar refractivity (Wildman–Crippen MR) is 106 cm³/mol. The Morgan fingerprint density at radius 2 is 2.14 bits per heavy atom. The summed E-state index contributed by atoms with van der Waals surface area (Å²) >= 11 is 0. The zero-order valence-electron chi connectivity index (χ0n) is 16.6. The summed E-state index contributed by atoms with van der Waals surface area (Å²) in [6.07, 6.45) is 3.78. The van der Waals surface area contributed by atoms with Crippen LogP contribution in [0.25, 0.3) is 0 Å². The van der Waals surface area contributed by atoms with Crippen LogP contribution in [-0.2, 0) is 20.7 Å². The normalized spacial score (nSPS) is 24.9. The van der Waals surface area contributed by atoms with Crippen molar-refractivity contribution in [2.75, 3.05) is 32.8 Å². The van der Waals surface area contributed by atoms with Gasteiger partial charge >= 0.3 is 0 Å². The molecule has 0 saturated carbocycles. The van der Waals surface area contributed by atoms with E-state index in [0.29, 0.717) is 39.1 Å². The number of carbonyl (C=O) groups is 2. The molecule has 1 saturated heterocycles. The van der Waals surface area contributed by atoms with Crippen molar-refractivity contribution in [2.24, 2.45) is 5.73 Å². The first-order chi connectivity index (χ1) is 13.6. The van der Waals surface area contributed by atoms with Crippen molar-refractivity contribution in [2.45, 2.75) is 50.7 Å². The lowest BCUT2D eigenvalue weighted by atomic mass is 9.91. The number of morpholine rings is 1. The molecule has 3 rings (SSSR count). The van der Waals surface area contributed by atoms with Crippen molar-refractivity contribution in [3.8, 4) is 5.75 Å². The molecule has 0 bridgehead atoms. The molecular weight excluding hydrogens is 358 g/mol. The van der Waals surface area contributed by atoms with Gasteiger partial charge in [0.25, 0.3) is 5.91 Å². The van der Waals surface area contributed by atoms with Gasteiger partial charge in [0.1, 0.15) is 12.4 Å². The Bertz CT molecular complexity index is 696. The van der Waals surface area contributed by atoms with E-state index in [1.54, 1.807) is 4.90 Å². The second-order valence-corrected chi connectivity index (χ2v) is 7.54. The highest BCUT2D eigenvalue weighted by molar-refractivity contribution is 5.88. The van der Waals surface area contributed by atoms with Crippen molar-refractivity contribution in [3.63, 3.8) is 0 Å². The molecule has 1 fully saturated rings. The molecule has 1 aromatic rings. The lowest BCUT2D eigenvalue weighted by Gasteiger charge is -2.42. The van der Waals surface area contributed by atoms with Crippen LogP contribution < -0.4 is 15.8 Å². The fourth-order valence-corrected chi connectivity index (χ4v) is 3.85. The number of nitrogens with one attached hydrogen (secondary N) is 1. The van der Waals surface area contributed by atoms with Gasteiger partial charge in [-0.3, -0.25) is 9.59 Å². The van der Waals surface area contributed by atoms with E-state index < -0.39 is 11.6 Å². The van der Waals surface area contributed by atoms with Gasteiger partial charge in [0, 0.05) is 6.54 Å². The summed E-state index contributed by atoms with van der Waals surface area (Å²) in [5, 5.41) is 2.94. The van der Waals surface area contributed by atoms with E-state index in [1.807, 2.05) is 25.1 Å². The highest BCUT2D eigenvalue weighted by atomic mass is 16.5. The minimum atomic E-state index is -1.01. The van der Waals surface area contributed by atoms with Crippen molar-refractivity contribution >= 4 is 11.8 Å². The Morgan fingerprint density at radius 3 is 2.96 bits per heavy atom. The summed E-state index contributed by atoms with van der Waals surface area (Å²) < 4.78 is 11.9. The Hall–Kier alpha value is -2.12. The molecule has 2 aliphatic rings. The third-order valence-corrected chi connectivity index (χ3v) is 5.56. The smallest absolute Gasteiger partial charge is 0.254 e. The van der Waals surface area contributed by atoms with Gasteiger partial charge < -0.3 is 25.4 Å². The number of hydrogen-bond acceptors (Lipinski definition) is 5. The summed E-state index contributed by atoms with van der Waals surface area (Å²) in [5.74, 6) is 0.597. The summed E-state index contributed by atoms with van der Waals surface area (Å²) in [5.41, 5.74) is 6.10. The van der Waals surface area contributed by atoms with Gasteiger partial charge in [-0.1, -0.05) is 25.1 Å². The van der Waals surface area contributed by atoms with Crippen LogP contribution >= 0.6 is 0 Å². The molecule has 0 aromatic heterocycles. The molecule has 0 radical (unpaired) electrons. The number of nitrogens with two attached hydrogens (primary N) is 1. The largest absolute Gasteiger partial charge is 0.491 e. The second-order valence-electron chi connectivity index (χ2n) is 7.54. The number of hydrogen-bond donors (Lipinski definition) is 2. The molecule has 7 heteroatoms. The number of ether oxygens (including phenoxy) is 2. The standard InChI is InChI=1S/C21H31N3O4/c1-2-17(22)19(25)24-12-14-28-21(15-24)10-6-5-8-16-7-3-4-9-18(16)27-13-11-23-20(21)26/h3-4,7,9,17H,2,5-6,8,10-15,22H2,1H3,(H,23,26)/t17-,21?/m0/s1. The average Bonchev–Trinajstić information content (AvgIpc) is 2.73. The molecule has 3 N–H and O–H groups in total. The van der Waals surface area contributed by atoms with Gasteiger partial charge in [-0.15, -0.1) is 0 Å². The third-order valence-electron chi connectivity index (χ3n) is 5.56. The van der Waals surface area contributed by atoms with E-state index in [0.717, 1.165) is 25.0 Å². The van der Waals surface area contributed by atoms with Crippen molar-refractivity contribution in [3.05, 3.63) is 29.8 Å². The van der Waals surface area contributed by atoms with Gasteiger partial charge in [-0.05, 0) is 43.7 Å². The highest BCUT2D eigenvalue weighted by Gasteiger charge is 2.44. The average molecular weight is 389 g/mol. The summed E-state index contributed by atoms with van der Waals surface area (Å²) in [7, 11) is 0. The van der Waals surface area contributed by atoms with Crippen molar-refractivity contribution in [1.82, 2.24) is 10.2 Å². The van der Waals surface area contributed by atoms with Gasteiger partial charge in [0.05, 0.1) is 25.7 Å². The quantitative estimate of drug-likeness (QED) is 0.794. The maximum absolute atomic E-state index is 13.0. The number of carbonyl (C=O) groups excluding carboxylic acids is 2. The molecule has 7 nitrogen and oxygen atoms in total. The Morgan fingerprint density at radius 1 is 1.32 bits per heavy atom. The van der Waals surface area contributed by atoms with Gasteiger partial charge in [-0.25, -0.2) is 0 Å². The van der Waals surface area contributed by atoms with Crippen LogP contribution in [-0.4, -0.2) is 61.2 Å². The van der Waals surface area contributed by atoms with E-state index in [2.05, 4.69) is 11.4 Å². The highest BCUT2D eigenvalue weighted by Crippen LogP contribution is 2.28. The monoisotopic (exact) mass is 389 g/mol. The van der Waals surface area contributed by atoms with Crippen LogP contribution in [0.3, 0.4) is 0 Å². The molecule has 2 amide bonds. The molecule has 1 aromatic carbocycles. The molecule has 1 spiro atoms. The minimum Gasteiger partial charge on any atom is -0.491 e. The summed E-state index contributed by atoms with van der Waals surface area (Å²) in [6.45, 7) is 3.73. The number of amides is 2. The van der Waals surface area contributed by atoms with E-state index in [4.69, 9.17) is 15.2 Å². The van der Waals surface area contributed by atoms with Crippen molar-refractivity contribution in [1.29, 1.82) is 0 Å².